The molecule has 0 radical (unpaired) electrons. The molecule has 2 N–H and O–H groups in total. The predicted molar refractivity (Wildman–Crippen MR) is 58.6 cm³/mol. The average molecular weight is 183 g/mol. The second kappa shape index (κ2) is 4.99. The third-order valence-electron chi connectivity index (χ3n) is 3.68. The molecule has 78 valence electrons. The van der Waals surface area contributed by atoms with Crippen LogP contribution in [0, 0.1) is 11.3 Å². The fourth-order valence-corrected chi connectivity index (χ4v) is 2.56. The Hall–Kier alpha value is -0.0400. The summed E-state index contributed by atoms with van der Waals surface area (Å²) in [5.41, 5.74) is 6.41. The van der Waals surface area contributed by atoms with Crippen molar-refractivity contribution in [3.8, 4) is 0 Å². The third kappa shape index (κ3) is 2.98. The SMILES string of the molecule is CCCCC(C)CC1(CN)CCC1. The quantitative estimate of drug-likeness (QED) is 0.671. The van der Waals surface area contributed by atoms with Crippen molar-refractivity contribution in [2.75, 3.05) is 6.54 Å². The molecular formula is C12H25N. The van der Waals surface area contributed by atoms with Crippen molar-refractivity contribution in [2.24, 2.45) is 17.1 Å². The molecule has 1 heteroatoms. The molecular weight excluding hydrogens is 158 g/mol. The minimum Gasteiger partial charge on any atom is -0.330 e. The molecule has 1 rings (SSSR count). The van der Waals surface area contributed by atoms with Gasteiger partial charge in [0.25, 0.3) is 0 Å². The molecule has 0 bridgehead atoms. The van der Waals surface area contributed by atoms with Crippen LogP contribution >= 0.6 is 0 Å². The van der Waals surface area contributed by atoms with E-state index in [0.29, 0.717) is 5.41 Å². The van der Waals surface area contributed by atoms with Crippen molar-refractivity contribution in [3.63, 3.8) is 0 Å². The summed E-state index contributed by atoms with van der Waals surface area (Å²) < 4.78 is 0. The molecule has 1 atom stereocenters. The monoisotopic (exact) mass is 183 g/mol. The van der Waals surface area contributed by atoms with Crippen molar-refractivity contribution in [2.45, 2.75) is 58.8 Å². The highest BCUT2D eigenvalue weighted by molar-refractivity contribution is 4.89. The van der Waals surface area contributed by atoms with Gasteiger partial charge < -0.3 is 5.73 Å². The number of unbranched alkanes of at least 4 members (excludes halogenated alkanes) is 1. The van der Waals surface area contributed by atoms with E-state index in [9.17, 15) is 0 Å². The van der Waals surface area contributed by atoms with Crippen LogP contribution in [0.5, 0.6) is 0 Å². The van der Waals surface area contributed by atoms with Gasteiger partial charge in [0.2, 0.25) is 0 Å². The smallest absolute Gasteiger partial charge is 0.00204 e. The summed E-state index contributed by atoms with van der Waals surface area (Å²) >= 11 is 0. The van der Waals surface area contributed by atoms with Gasteiger partial charge in [0.05, 0.1) is 0 Å². The first kappa shape index (κ1) is 11.0. The molecule has 0 aromatic rings. The Morgan fingerprint density at radius 3 is 2.46 bits per heavy atom. The van der Waals surface area contributed by atoms with E-state index >= 15 is 0 Å². The second-order valence-corrected chi connectivity index (χ2v) is 5.01. The summed E-state index contributed by atoms with van der Waals surface area (Å²) in [6.07, 6.45) is 9.70. The summed E-state index contributed by atoms with van der Waals surface area (Å²) in [6, 6.07) is 0. The largest absolute Gasteiger partial charge is 0.330 e. The van der Waals surface area contributed by atoms with Crippen LogP contribution in [0.3, 0.4) is 0 Å². The fraction of sp³-hybridized carbons (Fsp3) is 1.00. The Bertz CT molecular complexity index is 133. The lowest BCUT2D eigenvalue weighted by Crippen LogP contribution is -2.38. The van der Waals surface area contributed by atoms with Gasteiger partial charge in [0, 0.05) is 0 Å². The van der Waals surface area contributed by atoms with E-state index in [0.717, 1.165) is 12.5 Å². The van der Waals surface area contributed by atoms with Crippen LogP contribution < -0.4 is 5.73 Å². The summed E-state index contributed by atoms with van der Waals surface area (Å²) in [4.78, 5) is 0. The molecule has 1 fully saturated rings. The Labute approximate surface area is 83.1 Å². The van der Waals surface area contributed by atoms with Crippen LogP contribution in [0.25, 0.3) is 0 Å². The molecule has 1 saturated carbocycles. The highest BCUT2D eigenvalue weighted by Crippen LogP contribution is 2.45. The highest BCUT2D eigenvalue weighted by Gasteiger charge is 2.36. The fourth-order valence-electron chi connectivity index (χ4n) is 2.56. The normalized spacial score (nSPS) is 22.4. The molecule has 1 unspecified atom stereocenters. The highest BCUT2D eigenvalue weighted by atomic mass is 14.6. The molecule has 1 aliphatic carbocycles. The maximum Gasteiger partial charge on any atom is -0.00204 e. The lowest BCUT2D eigenvalue weighted by Gasteiger charge is -2.43. The molecule has 0 saturated heterocycles. The number of hydrogen-bond acceptors (Lipinski definition) is 1. The molecule has 1 aliphatic rings. The van der Waals surface area contributed by atoms with Crippen molar-refractivity contribution in [1.82, 2.24) is 0 Å². The van der Waals surface area contributed by atoms with Gasteiger partial charge in [-0.15, -0.1) is 0 Å². The van der Waals surface area contributed by atoms with Crippen LogP contribution in [0.15, 0.2) is 0 Å². The maximum atomic E-state index is 5.85. The summed E-state index contributed by atoms with van der Waals surface area (Å²) in [5.74, 6) is 0.892. The van der Waals surface area contributed by atoms with Crippen molar-refractivity contribution < 1.29 is 0 Å². The minimum atomic E-state index is 0.563. The maximum absolute atomic E-state index is 5.85. The molecule has 0 aromatic heterocycles. The van der Waals surface area contributed by atoms with Crippen molar-refractivity contribution in [1.29, 1.82) is 0 Å². The number of nitrogens with two attached hydrogens (primary N) is 1. The zero-order valence-electron chi connectivity index (χ0n) is 9.31. The molecule has 13 heavy (non-hydrogen) atoms. The molecule has 0 heterocycles. The van der Waals surface area contributed by atoms with Crippen molar-refractivity contribution in [3.05, 3.63) is 0 Å². The Morgan fingerprint density at radius 2 is 2.08 bits per heavy atom. The first-order valence-electron chi connectivity index (χ1n) is 5.92. The van der Waals surface area contributed by atoms with E-state index in [-0.39, 0.29) is 0 Å². The van der Waals surface area contributed by atoms with Gasteiger partial charge in [-0.3, -0.25) is 0 Å². The molecule has 0 aromatic carbocycles. The predicted octanol–water partition coefficient (Wildman–Crippen LogP) is 3.33. The summed E-state index contributed by atoms with van der Waals surface area (Å²) in [7, 11) is 0. The van der Waals surface area contributed by atoms with Gasteiger partial charge in [-0.05, 0) is 37.1 Å². The van der Waals surface area contributed by atoms with E-state index in [1.54, 1.807) is 0 Å². The topological polar surface area (TPSA) is 26.0 Å². The molecule has 0 aliphatic heterocycles. The van der Waals surface area contributed by atoms with Crippen molar-refractivity contribution >= 4 is 0 Å². The van der Waals surface area contributed by atoms with E-state index in [1.165, 1.54) is 44.9 Å². The Kier molecular flexibility index (Phi) is 4.24. The number of hydrogen-bond donors (Lipinski definition) is 1. The van der Waals surface area contributed by atoms with Gasteiger partial charge >= 0.3 is 0 Å². The van der Waals surface area contributed by atoms with Crippen LogP contribution in [0.1, 0.15) is 58.8 Å². The zero-order valence-corrected chi connectivity index (χ0v) is 9.31. The first-order valence-corrected chi connectivity index (χ1v) is 5.92. The van der Waals surface area contributed by atoms with Gasteiger partial charge in [0.1, 0.15) is 0 Å². The zero-order chi connectivity index (χ0) is 9.73. The molecule has 0 amide bonds. The second-order valence-electron chi connectivity index (χ2n) is 5.01. The van der Waals surface area contributed by atoms with Crippen LogP contribution in [-0.2, 0) is 0 Å². The number of rotatable bonds is 6. The van der Waals surface area contributed by atoms with Crippen LogP contribution in [0.2, 0.25) is 0 Å². The Balaban J connectivity index is 2.21. The third-order valence-corrected chi connectivity index (χ3v) is 3.68. The van der Waals surface area contributed by atoms with Gasteiger partial charge in [-0.25, -0.2) is 0 Å². The van der Waals surface area contributed by atoms with E-state index in [1.807, 2.05) is 0 Å². The molecule has 1 nitrogen and oxygen atoms in total. The first-order chi connectivity index (χ1) is 6.22. The lowest BCUT2D eigenvalue weighted by atomic mass is 9.64. The minimum absolute atomic E-state index is 0.563. The standard InChI is InChI=1S/C12H25N/c1-3-4-6-11(2)9-12(10-13)7-5-8-12/h11H,3-10,13H2,1-2H3. The average Bonchev–Trinajstić information content (AvgIpc) is 2.08. The van der Waals surface area contributed by atoms with Crippen LogP contribution in [0.4, 0.5) is 0 Å². The van der Waals surface area contributed by atoms with Crippen LogP contribution in [-0.4, -0.2) is 6.54 Å². The molecule has 0 spiro atoms. The van der Waals surface area contributed by atoms with Gasteiger partial charge in [-0.2, -0.15) is 0 Å². The van der Waals surface area contributed by atoms with E-state index in [2.05, 4.69) is 13.8 Å². The summed E-state index contributed by atoms with van der Waals surface area (Å²) in [6.45, 7) is 5.59. The Morgan fingerprint density at radius 1 is 1.38 bits per heavy atom. The van der Waals surface area contributed by atoms with E-state index < -0.39 is 0 Å². The van der Waals surface area contributed by atoms with E-state index in [4.69, 9.17) is 5.73 Å². The van der Waals surface area contributed by atoms with Gasteiger partial charge in [0.15, 0.2) is 0 Å². The van der Waals surface area contributed by atoms with Gasteiger partial charge in [-0.1, -0.05) is 39.5 Å². The lowest BCUT2D eigenvalue weighted by molar-refractivity contribution is 0.104. The summed E-state index contributed by atoms with van der Waals surface area (Å²) in [5, 5.41) is 0.